The molecular formula is C25H22N2OS. The van der Waals surface area contributed by atoms with Crippen molar-refractivity contribution in [3.05, 3.63) is 102 Å². The maximum absolute atomic E-state index is 13.4. The molecular weight excluding hydrogens is 376 g/mol. The number of hydrogen-bond donors (Lipinski definition) is 1. The molecule has 0 atom stereocenters. The summed E-state index contributed by atoms with van der Waals surface area (Å²) in [7, 11) is 0. The lowest BCUT2D eigenvalue weighted by Gasteiger charge is -2.17. The molecule has 0 aliphatic rings. The van der Waals surface area contributed by atoms with E-state index in [0.29, 0.717) is 6.54 Å². The number of thioether (sulfide) groups is 1. The number of fused-ring (bicyclic) bond motifs is 1. The van der Waals surface area contributed by atoms with Gasteiger partial charge in [0.25, 0.3) is 5.91 Å². The first-order valence-corrected chi connectivity index (χ1v) is 11.0. The van der Waals surface area contributed by atoms with Gasteiger partial charge in [-0.2, -0.15) is 11.8 Å². The molecule has 0 saturated carbocycles. The van der Waals surface area contributed by atoms with Crippen molar-refractivity contribution in [1.82, 2.24) is 10.3 Å². The SMILES string of the molecule is CSCc1c(-c2ccccc2)nc2ccccc2c1C(=O)NCc1ccccc1. The topological polar surface area (TPSA) is 42.0 Å². The number of amides is 1. The predicted octanol–water partition coefficient (Wildman–Crippen LogP) is 5.69. The van der Waals surface area contributed by atoms with Crippen molar-refractivity contribution < 1.29 is 4.79 Å². The van der Waals surface area contributed by atoms with Crippen LogP contribution >= 0.6 is 11.8 Å². The molecule has 1 heterocycles. The van der Waals surface area contributed by atoms with Gasteiger partial charge < -0.3 is 5.32 Å². The summed E-state index contributed by atoms with van der Waals surface area (Å²) in [5, 5.41) is 4.00. The first-order chi connectivity index (χ1) is 14.3. The van der Waals surface area contributed by atoms with Crippen LogP contribution in [0.25, 0.3) is 22.2 Å². The molecule has 3 nitrogen and oxygen atoms in total. The summed E-state index contributed by atoms with van der Waals surface area (Å²) in [5.74, 6) is 0.657. The van der Waals surface area contributed by atoms with E-state index in [1.165, 1.54) is 0 Å². The molecule has 0 radical (unpaired) electrons. The summed E-state index contributed by atoms with van der Waals surface area (Å²) in [4.78, 5) is 18.3. The van der Waals surface area contributed by atoms with Crippen molar-refractivity contribution >= 4 is 28.6 Å². The van der Waals surface area contributed by atoms with E-state index in [0.717, 1.165) is 44.6 Å². The van der Waals surface area contributed by atoms with Gasteiger partial charge in [-0.3, -0.25) is 4.79 Å². The van der Waals surface area contributed by atoms with Crippen LogP contribution in [-0.4, -0.2) is 17.1 Å². The fourth-order valence-electron chi connectivity index (χ4n) is 3.50. The predicted molar refractivity (Wildman–Crippen MR) is 122 cm³/mol. The molecule has 144 valence electrons. The van der Waals surface area contributed by atoms with E-state index in [2.05, 4.69) is 11.6 Å². The number of pyridine rings is 1. The molecule has 0 unspecified atom stereocenters. The first kappa shape index (κ1) is 19.2. The number of benzene rings is 3. The molecule has 0 spiro atoms. The van der Waals surface area contributed by atoms with Crippen molar-refractivity contribution in [2.45, 2.75) is 12.3 Å². The van der Waals surface area contributed by atoms with Crippen LogP contribution in [0.3, 0.4) is 0 Å². The molecule has 0 saturated heterocycles. The number of para-hydroxylation sites is 1. The van der Waals surface area contributed by atoms with Gasteiger partial charge in [-0.1, -0.05) is 78.9 Å². The quantitative estimate of drug-likeness (QED) is 0.453. The second-order valence-electron chi connectivity index (χ2n) is 6.80. The van der Waals surface area contributed by atoms with E-state index < -0.39 is 0 Å². The molecule has 0 aliphatic heterocycles. The van der Waals surface area contributed by atoms with Crippen molar-refractivity contribution in [2.75, 3.05) is 6.26 Å². The van der Waals surface area contributed by atoms with Crippen LogP contribution in [-0.2, 0) is 12.3 Å². The smallest absolute Gasteiger partial charge is 0.252 e. The summed E-state index contributed by atoms with van der Waals surface area (Å²) < 4.78 is 0. The summed E-state index contributed by atoms with van der Waals surface area (Å²) in [6.07, 6.45) is 2.05. The number of carbonyl (C=O) groups is 1. The maximum Gasteiger partial charge on any atom is 0.252 e. The fourth-order valence-corrected chi connectivity index (χ4v) is 4.07. The van der Waals surface area contributed by atoms with Gasteiger partial charge in [0.15, 0.2) is 0 Å². The van der Waals surface area contributed by atoms with Crippen molar-refractivity contribution in [2.24, 2.45) is 0 Å². The highest BCUT2D eigenvalue weighted by Crippen LogP contribution is 2.32. The van der Waals surface area contributed by atoms with Gasteiger partial charge in [0, 0.05) is 28.8 Å². The van der Waals surface area contributed by atoms with Crippen LogP contribution in [0.5, 0.6) is 0 Å². The average Bonchev–Trinajstić information content (AvgIpc) is 2.78. The number of nitrogens with one attached hydrogen (secondary N) is 1. The Bertz CT molecular complexity index is 1130. The molecule has 1 aromatic heterocycles. The Morgan fingerprint density at radius 3 is 2.28 bits per heavy atom. The van der Waals surface area contributed by atoms with Crippen LogP contribution in [0.15, 0.2) is 84.9 Å². The standard InChI is InChI=1S/C25H22N2OS/c1-29-17-21-23(25(28)26-16-18-10-4-2-5-11-18)20-14-8-9-15-22(20)27-24(21)19-12-6-3-7-13-19/h2-15H,16-17H2,1H3,(H,26,28). The molecule has 4 rings (SSSR count). The third-order valence-electron chi connectivity index (χ3n) is 4.85. The molecule has 4 aromatic rings. The molecule has 4 heteroatoms. The minimum atomic E-state index is -0.0614. The first-order valence-electron chi connectivity index (χ1n) is 9.56. The van der Waals surface area contributed by atoms with Gasteiger partial charge in [-0.15, -0.1) is 0 Å². The van der Waals surface area contributed by atoms with E-state index in [1.807, 2.05) is 84.9 Å². The van der Waals surface area contributed by atoms with Crippen molar-refractivity contribution in [3.8, 4) is 11.3 Å². The molecule has 1 N–H and O–H groups in total. The van der Waals surface area contributed by atoms with Gasteiger partial charge in [-0.05, 0) is 17.9 Å². The fraction of sp³-hybridized carbons (Fsp3) is 0.120. The van der Waals surface area contributed by atoms with Gasteiger partial charge in [0.2, 0.25) is 0 Å². The second-order valence-corrected chi connectivity index (χ2v) is 7.66. The minimum absolute atomic E-state index is 0.0614. The zero-order valence-electron chi connectivity index (χ0n) is 16.3. The number of aromatic nitrogens is 1. The van der Waals surface area contributed by atoms with Crippen LogP contribution in [0, 0.1) is 0 Å². The average molecular weight is 399 g/mol. The van der Waals surface area contributed by atoms with Gasteiger partial charge >= 0.3 is 0 Å². The van der Waals surface area contributed by atoms with Crippen molar-refractivity contribution in [3.63, 3.8) is 0 Å². The van der Waals surface area contributed by atoms with Crippen LogP contribution in [0.2, 0.25) is 0 Å². The summed E-state index contributed by atoms with van der Waals surface area (Å²) in [6, 6.07) is 28.0. The highest BCUT2D eigenvalue weighted by Gasteiger charge is 2.21. The zero-order valence-corrected chi connectivity index (χ0v) is 17.1. The van der Waals surface area contributed by atoms with Crippen LogP contribution in [0.4, 0.5) is 0 Å². The van der Waals surface area contributed by atoms with E-state index in [-0.39, 0.29) is 5.91 Å². The third-order valence-corrected chi connectivity index (χ3v) is 5.43. The summed E-state index contributed by atoms with van der Waals surface area (Å²) >= 11 is 1.70. The lowest BCUT2D eigenvalue weighted by atomic mass is 9.97. The zero-order chi connectivity index (χ0) is 20.1. The highest BCUT2D eigenvalue weighted by atomic mass is 32.2. The van der Waals surface area contributed by atoms with Gasteiger partial charge in [0.1, 0.15) is 0 Å². The second kappa shape index (κ2) is 8.93. The van der Waals surface area contributed by atoms with E-state index in [4.69, 9.17) is 4.98 Å². The van der Waals surface area contributed by atoms with Crippen LogP contribution < -0.4 is 5.32 Å². The highest BCUT2D eigenvalue weighted by molar-refractivity contribution is 7.97. The Kier molecular flexibility index (Phi) is 5.92. The summed E-state index contributed by atoms with van der Waals surface area (Å²) in [6.45, 7) is 0.496. The maximum atomic E-state index is 13.4. The van der Waals surface area contributed by atoms with Crippen molar-refractivity contribution in [1.29, 1.82) is 0 Å². The van der Waals surface area contributed by atoms with E-state index in [9.17, 15) is 4.79 Å². The largest absolute Gasteiger partial charge is 0.348 e. The normalized spacial score (nSPS) is 10.8. The monoisotopic (exact) mass is 398 g/mol. The number of rotatable bonds is 6. The Labute approximate surface area is 175 Å². The van der Waals surface area contributed by atoms with Gasteiger partial charge in [-0.25, -0.2) is 4.98 Å². The number of hydrogen-bond acceptors (Lipinski definition) is 3. The molecule has 3 aromatic carbocycles. The number of nitrogens with zero attached hydrogens (tertiary/aromatic N) is 1. The van der Waals surface area contributed by atoms with E-state index >= 15 is 0 Å². The minimum Gasteiger partial charge on any atom is -0.348 e. The molecule has 0 fully saturated rings. The third kappa shape index (κ3) is 4.17. The molecule has 1 amide bonds. The summed E-state index contributed by atoms with van der Waals surface area (Å²) in [5.41, 5.74) is 5.52. The van der Waals surface area contributed by atoms with Gasteiger partial charge in [0.05, 0.1) is 16.8 Å². The Balaban J connectivity index is 1.84. The Hall–Kier alpha value is -3.11. The Morgan fingerprint density at radius 2 is 1.55 bits per heavy atom. The lowest BCUT2D eigenvalue weighted by molar-refractivity contribution is 0.0952. The molecule has 0 bridgehead atoms. The molecule has 29 heavy (non-hydrogen) atoms. The molecule has 0 aliphatic carbocycles. The number of carbonyl (C=O) groups excluding carboxylic acids is 1. The van der Waals surface area contributed by atoms with Crippen LogP contribution in [0.1, 0.15) is 21.5 Å². The van der Waals surface area contributed by atoms with E-state index in [1.54, 1.807) is 11.8 Å². The Morgan fingerprint density at radius 1 is 0.897 bits per heavy atom. The lowest BCUT2D eigenvalue weighted by Crippen LogP contribution is -2.25.